The molecule has 7 aromatic carbocycles. The van der Waals surface area contributed by atoms with Crippen LogP contribution in [0.2, 0.25) is 0 Å². The Kier molecular flexibility index (Phi) is 17.1. The summed E-state index contributed by atoms with van der Waals surface area (Å²) < 4.78 is 7.50. The first kappa shape index (κ1) is 37.2. The molecule has 0 amide bonds. The van der Waals surface area contributed by atoms with Gasteiger partial charge in [-0.15, -0.1) is 0 Å². The topological polar surface area (TPSA) is 19.9 Å². The number of hydrogen-bond donors (Lipinski definition) is 0. The minimum Gasteiger partial charge on any atom is -0.0622 e. The summed E-state index contributed by atoms with van der Waals surface area (Å²) in [6, 6.07) is 72.9. The minimum atomic E-state index is -0.446. The van der Waals surface area contributed by atoms with E-state index < -0.39 is 15.8 Å². The fourth-order valence-electron chi connectivity index (χ4n) is 4.83. The Labute approximate surface area is 293 Å². The van der Waals surface area contributed by atoms with Gasteiger partial charge in [-0.2, -0.15) is 18.2 Å². The second kappa shape index (κ2) is 21.6. The van der Waals surface area contributed by atoms with Crippen molar-refractivity contribution in [2.24, 2.45) is 0 Å². The maximum atomic E-state index is 7.50. The monoisotopic (exact) mass is 686 g/mol. The first-order chi connectivity index (χ1) is 22.8. The average molecular weight is 687 g/mol. The third-order valence-corrected chi connectivity index (χ3v) is 11.8. The van der Waals surface area contributed by atoms with E-state index in [0.29, 0.717) is 0 Å². The summed E-state index contributed by atoms with van der Waals surface area (Å²) in [6.07, 6.45) is 0. The molecule has 0 saturated heterocycles. The van der Waals surface area contributed by atoms with Gasteiger partial charge in [-0.05, 0) is 47.7 Å². The smallest absolute Gasteiger partial charge is 0 e. The van der Waals surface area contributed by atoms with Crippen LogP contribution in [0.1, 0.15) is 5.56 Å². The molecule has 4 heteroatoms. The third-order valence-electron chi connectivity index (χ3n) is 6.92. The van der Waals surface area contributed by atoms with E-state index in [1.54, 1.807) is 0 Å². The van der Waals surface area contributed by atoms with Crippen molar-refractivity contribution in [3.8, 4) is 0 Å². The summed E-state index contributed by atoms with van der Waals surface area (Å²) in [5.74, 6) is 0. The van der Waals surface area contributed by atoms with Gasteiger partial charge in [0.25, 0.3) is 0 Å². The molecule has 0 aliphatic heterocycles. The molecule has 0 N–H and O–H groups in total. The molecule has 1 nitrogen and oxygen atoms in total. The SMILES string of the molecule is Cc1cc[cH-]c1.[C-]#[O+].[Mn].c1ccc(P(c2ccccc2)c2ccccc2)cc1.c1ccc(P(c2ccccc2)c2ccccc2)cc1. The van der Waals surface area contributed by atoms with Crippen molar-refractivity contribution in [1.29, 1.82) is 0 Å². The zero-order valence-electron chi connectivity index (χ0n) is 26.3. The van der Waals surface area contributed by atoms with Gasteiger partial charge in [0.05, 0.1) is 0 Å². The van der Waals surface area contributed by atoms with Gasteiger partial charge in [0.2, 0.25) is 0 Å². The minimum absolute atomic E-state index is 0. The van der Waals surface area contributed by atoms with Crippen LogP contribution in [-0.2, 0) is 21.7 Å². The quantitative estimate of drug-likeness (QED) is 0.0724. The van der Waals surface area contributed by atoms with E-state index >= 15 is 0 Å². The van der Waals surface area contributed by atoms with Gasteiger partial charge in [-0.25, -0.2) is 11.6 Å². The molecule has 0 atom stereocenters. The van der Waals surface area contributed by atoms with Crippen LogP contribution in [0.25, 0.3) is 0 Å². The maximum absolute atomic E-state index is 7.50. The molecule has 0 heterocycles. The predicted octanol–water partition coefficient (Wildman–Crippen LogP) is 8.56. The van der Waals surface area contributed by atoms with Crippen molar-refractivity contribution in [3.05, 3.63) is 218 Å². The third kappa shape index (κ3) is 11.8. The molecular weight excluding hydrogens is 649 g/mol. The van der Waals surface area contributed by atoms with Crippen molar-refractivity contribution in [3.63, 3.8) is 0 Å². The number of rotatable bonds is 6. The number of hydrogen-bond acceptors (Lipinski definition) is 0. The van der Waals surface area contributed by atoms with E-state index in [2.05, 4.69) is 208 Å². The van der Waals surface area contributed by atoms with Crippen molar-refractivity contribution < 1.29 is 21.7 Å². The molecule has 0 spiro atoms. The van der Waals surface area contributed by atoms with Crippen LogP contribution in [0.3, 0.4) is 0 Å². The Morgan fingerprint density at radius 3 is 0.723 bits per heavy atom. The Balaban J connectivity index is 0.000000204. The fourth-order valence-corrected chi connectivity index (χ4v) is 9.44. The van der Waals surface area contributed by atoms with Gasteiger partial charge in [0.15, 0.2) is 0 Å². The normalized spacial score (nSPS) is 9.72. The maximum Gasteiger partial charge on any atom is 0 e. The van der Waals surface area contributed by atoms with Crippen LogP contribution in [0, 0.1) is 13.6 Å². The molecule has 47 heavy (non-hydrogen) atoms. The molecule has 7 rings (SSSR count). The van der Waals surface area contributed by atoms with Gasteiger partial charge in [0.1, 0.15) is 0 Å². The zero-order chi connectivity index (χ0) is 32.2. The van der Waals surface area contributed by atoms with Crippen LogP contribution >= 0.6 is 15.8 Å². The number of aryl methyl sites for hydroxylation is 1. The first-order valence-electron chi connectivity index (χ1n) is 15.1. The second-order valence-corrected chi connectivity index (χ2v) is 14.6. The van der Waals surface area contributed by atoms with Crippen LogP contribution in [0.15, 0.2) is 206 Å². The summed E-state index contributed by atoms with van der Waals surface area (Å²) in [7, 11) is -0.892. The molecule has 233 valence electrons. The molecule has 0 aliphatic carbocycles. The standard InChI is InChI=1S/2C18H15P.C6H7.CO.Mn/c2*1-4-10-16(11-5-1)19(17-12-6-2-7-13-17)18-14-8-3-9-15-18;1-6-4-2-3-5-6;1-2;/h2*1-15H;2-5H,1H3;;/q;;-1;;. The van der Waals surface area contributed by atoms with E-state index in [4.69, 9.17) is 4.65 Å². The van der Waals surface area contributed by atoms with Crippen LogP contribution in [0.5, 0.6) is 0 Å². The van der Waals surface area contributed by atoms with Gasteiger partial charge in [-0.1, -0.05) is 189 Å². The molecule has 0 aromatic heterocycles. The Bertz CT molecular complexity index is 1470. The van der Waals surface area contributed by atoms with E-state index in [9.17, 15) is 0 Å². The number of benzene rings is 6. The molecular formula is C43H37MnOP2-. The second-order valence-electron chi connectivity index (χ2n) is 10.1. The molecule has 0 unspecified atom stereocenters. The summed E-state index contributed by atoms with van der Waals surface area (Å²) in [4.78, 5) is 0. The molecule has 0 bridgehead atoms. The van der Waals surface area contributed by atoms with Gasteiger partial charge in [0, 0.05) is 17.1 Å². The predicted molar refractivity (Wildman–Crippen MR) is 201 cm³/mol. The van der Waals surface area contributed by atoms with E-state index in [-0.39, 0.29) is 17.1 Å². The Morgan fingerprint density at radius 1 is 0.383 bits per heavy atom. The Hall–Kier alpha value is -4.21. The zero-order valence-corrected chi connectivity index (χ0v) is 29.3. The van der Waals surface area contributed by atoms with Crippen molar-refractivity contribution in [2.45, 2.75) is 6.92 Å². The Morgan fingerprint density at radius 2 is 0.596 bits per heavy atom. The summed E-state index contributed by atoms with van der Waals surface area (Å²) in [6.45, 7) is 6.58. The van der Waals surface area contributed by atoms with Gasteiger partial charge < -0.3 is 0 Å². The largest absolute Gasteiger partial charge is 0.0622 e. The molecule has 0 saturated carbocycles. The summed E-state index contributed by atoms with van der Waals surface area (Å²) in [5, 5.41) is 8.39. The van der Waals surface area contributed by atoms with Crippen molar-refractivity contribution in [2.75, 3.05) is 0 Å². The molecule has 0 aliphatic rings. The van der Waals surface area contributed by atoms with Crippen LogP contribution < -0.4 is 31.8 Å². The van der Waals surface area contributed by atoms with Crippen LogP contribution in [0.4, 0.5) is 0 Å². The van der Waals surface area contributed by atoms with E-state index in [1.165, 1.54) is 37.4 Å². The van der Waals surface area contributed by atoms with E-state index in [1.807, 2.05) is 12.1 Å². The van der Waals surface area contributed by atoms with Crippen molar-refractivity contribution >= 4 is 47.7 Å². The van der Waals surface area contributed by atoms with Gasteiger partial charge in [-0.3, -0.25) is 0 Å². The fraction of sp³-hybridized carbons (Fsp3) is 0.0233. The van der Waals surface area contributed by atoms with Crippen LogP contribution in [-0.4, -0.2) is 0 Å². The molecule has 1 radical (unpaired) electrons. The van der Waals surface area contributed by atoms with Gasteiger partial charge >= 0.3 is 11.3 Å². The summed E-state index contributed by atoms with van der Waals surface area (Å²) >= 11 is 0. The average Bonchev–Trinajstić information content (AvgIpc) is 3.64. The summed E-state index contributed by atoms with van der Waals surface area (Å²) in [5.41, 5.74) is 1.34. The van der Waals surface area contributed by atoms with Crippen molar-refractivity contribution in [1.82, 2.24) is 0 Å². The molecule has 0 fully saturated rings. The van der Waals surface area contributed by atoms with E-state index in [0.717, 1.165) is 0 Å². The first-order valence-corrected chi connectivity index (χ1v) is 17.8. The molecule has 7 aromatic rings.